The number of nitrogens with one attached hydrogen (secondary N) is 1. The van der Waals surface area contributed by atoms with Gasteiger partial charge in [0, 0.05) is 3.57 Å². The number of benzene rings is 1. The van der Waals surface area contributed by atoms with Crippen LogP contribution < -0.4 is 4.72 Å². The normalized spacial score (nSPS) is 11.2. The van der Waals surface area contributed by atoms with Crippen LogP contribution in [-0.2, 0) is 10.0 Å². The topological polar surface area (TPSA) is 109 Å². The van der Waals surface area contributed by atoms with E-state index in [0.29, 0.717) is 3.57 Å². The summed E-state index contributed by atoms with van der Waals surface area (Å²) >= 11 is 2.85. The second-order valence-electron chi connectivity index (χ2n) is 3.30. The van der Waals surface area contributed by atoms with Crippen LogP contribution in [0.3, 0.4) is 0 Å². The van der Waals surface area contributed by atoms with Gasteiger partial charge in [0.1, 0.15) is 5.51 Å². The van der Waals surface area contributed by atoms with Crippen LogP contribution in [-0.4, -0.2) is 29.7 Å². The Morgan fingerprint density at radius 1 is 1.42 bits per heavy atom. The molecule has 0 aliphatic rings. The van der Waals surface area contributed by atoms with Gasteiger partial charge in [0.05, 0.1) is 10.5 Å². The lowest BCUT2D eigenvalue weighted by atomic mass is 10.2. The first-order valence-electron chi connectivity index (χ1n) is 4.72. The lowest BCUT2D eigenvalue weighted by molar-refractivity contribution is 0.0695. The lowest BCUT2D eigenvalue weighted by Crippen LogP contribution is -2.14. The first-order valence-corrected chi connectivity index (χ1v) is 8.16. The van der Waals surface area contributed by atoms with Crippen molar-refractivity contribution in [1.82, 2.24) is 10.2 Å². The van der Waals surface area contributed by atoms with E-state index in [1.54, 1.807) is 0 Å². The van der Waals surface area contributed by atoms with Gasteiger partial charge in [-0.25, -0.2) is 13.2 Å². The molecule has 10 heteroatoms. The van der Waals surface area contributed by atoms with Crippen LogP contribution in [0.5, 0.6) is 0 Å². The Bertz CT molecular complexity index is 715. The molecule has 1 aromatic carbocycles. The molecule has 0 aliphatic heterocycles. The lowest BCUT2D eigenvalue weighted by Gasteiger charge is -2.06. The number of sulfonamides is 1. The largest absolute Gasteiger partial charge is 0.478 e. The van der Waals surface area contributed by atoms with Gasteiger partial charge in [0.2, 0.25) is 5.13 Å². The smallest absolute Gasteiger partial charge is 0.336 e. The van der Waals surface area contributed by atoms with Crippen molar-refractivity contribution in [2.75, 3.05) is 4.72 Å². The van der Waals surface area contributed by atoms with Gasteiger partial charge in [-0.05, 0) is 40.8 Å². The fourth-order valence-electron chi connectivity index (χ4n) is 1.23. The first kappa shape index (κ1) is 14.1. The SMILES string of the molecule is O=C(O)c1cc(S(=O)(=O)Nc2nncs2)ccc1I. The van der Waals surface area contributed by atoms with Gasteiger partial charge >= 0.3 is 5.97 Å². The number of hydrogen-bond donors (Lipinski definition) is 2. The number of carboxylic acid groups (broad SMARTS) is 1. The molecule has 0 fully saturated rings. The third kappa shape index (κ3) is 3.19. The molecule has 0 radical (unpaired) electrons. The standard InChI is InChI=1S/C9H6IN3O4S2/c10-7-2-1-5(3-6(7)8(14)15)19(16,17)13-9-12-11-4-18-9/h1-4H,(H,12,13)(H,14,15). The summed E-state index contributed by atoms with van der Waals surface area (Å²) in [5.41, 5.74) is 1.31. The first-order chi connectivity index (χ1) is 8.90. The third-order valence-electron chi connectivity index (χ3n) is 2.06. The van der Waals surface area contributed by atoms with E-state index in [-0.39, 0.29) is 15.6 Å². The number of carbonyl (C=O) groups is 1. The van der Waals surface area contributed by atoms with E-state index in [9.17, 15) is 13.2 Å². The molecule has 19 heavy (non-hydrogen) atoms. The van der Waals surface area contributed by atoms with Crippen LogP contribution in [0.15, 0.2) is 28.6 Å². The van der Waals surface area contributed by atoms with Crippen molar-refractivity contribution < 1.29 is 18.3 Å². The minimum absolute atomic E-state index is 0.0688. The van der Waals surface area contributed by atoms with Crippen LogP contribution in [0.4, 0.5) is 5.13 Å². The predicted molar refractivity (Wildman–Crippen MR) is 76.8 cm³/mol. The minimum Gasteiger partial charge on any atom is -0.478 e. The quantitative estimate of drug-likeness (QED) is 0.741. The Morgan fingerprint density at radius 3 is 2.74 bits per heavy atom. The van der Waals surface area contributed by atoms with Crippen molar-refractivity contribution in [1.29, 1.82) is 0 Å². The van der Waals surface area contributed by atoms with Crippen LogP contribution in [0.2, 0.25) is 0 Å². The van der Waals surface area contributed by atoms with Crippen LogP contribution in [0, 0.1) is 3.57 Å². The second kappa shape index (κ2) is 5.38. The van der Waals surface area contributed by atoms with Crippen molar-refractivity contribution in [3.05, 3.63) is 32.8 Å². The second-order valence-corrected chi connectivity index (χ2v) is 6.97. The molecular formula is C9H6IN3O4S2. The fourth-order valence-corrected chi connectivity index (χ4v) is 3.51. The molecule has 1 aromatic heterocycles. The molecule has 0 atom stereocenters. The van der Waals surface area contributed by atoms with Gasteiger partial charge in [0.15, 0.2) is 0 Å². The number of rotatable bonds is 4. The van der Waals surface area contributed by atoms with Gasteiger partial charge in [-0.3, -0.25) is 4.72 Å². The minimum atomic E-state index is -3.86. The molecule has 2 N–H and O–H groups in total. The summed E-state index contributed by atoms with van der Waals surface area (Å²) in [7, 11) is -3.86. The van der Waals surface area contributed by atoms with E-state index in [2.05, 4.69) is 14.9 Å². The van der Waals surface area contributed by atoms with Crippen LogP contribution >= 0.6 is 33.9 Å². The molecule has 0 saturated heterocycles. The fraction of sp³-hybridized carbons (Fsp3) is 0. The molecule has 0 aliphatic carbocycles. The molecule has 1 heterocycles. The van der Waals surface area contributed by atoms with Gasteiger partial charge < -0.3 is 5.11 Å². The summed E-state index contributed by atoms with van der Waals surface area (Å²) in [4.78, 5) is 10.8. The van der Waals surface area contributed by atoms with E-state index >= 15 is 0 Å². The number of halogens is 1. The predicted octanol–water partition coefficient (Wildman–Crippen LogP) is 1.64. The Morgan fingerprint density at radius 2 is 2.16 bits per heavy atom. The number of aromatic nitrogens is 2. The highest BCUT2D eigenvalue weighted by Gasteiger charge is 2.19. The van der Waals surface area contributed by atoms with Crippen LogP contribution in [0.25, 0.3) is 0 Å². The maximum atomic E-state index is 12.0. The maximum absolute atomic E-state index is 12.0. The van der Waals surface area contributed by atoms with Crippen molar-refractivity contribution >= 4 is 55.1 Å². The van der Waals surface area contributed by atoms with Crippen molar-refractivity contribution in [3.8, 4) is 0 Å². The average Bonchev–Trinajstić information content (AvgIpc) is 2.80. The highest BCUT2D eigenvalue weighted by Crippen LogP contribution is 2.21. The highest BCUT2D eigenvalue weighted by molar-refractivity contribution is 14.1. The molecule has 0 unspecified atom stereocenters. The zero-order valence-corrected chi connectivity index (χ0v) is 12.9. The molecule has 2 aromatic rings. The molecule has 7 nitrogen and oxygen atoms in total. The van der Waals surface area contributed by atoms with Gasteiger partial charge in [-0.1, -0.05) is 11.3 Å². The van der Waals surface area contributed by atoms with Gasteiger partial charge in [0.25, 0.3) is 10.0 Å². The number of nitrogens with zero attached hydrogens (tertiary/aromatic N) is 2. The third-order valence-corrected chi connectivity index (χ3v) is 5.07. The summed E-state index contributed by atoms with van der Waals surface area (Å²) in [6, 6.07) is 3.86. The number of aromatic carboxylic acids is 1. The molecule has 100 valence electrons. The molecule has 0 spiro atoms. The number of carboxylic acids is 1. The van der Waals surface area contributed by atoms with Gasteiger partial charge in [-0.2, -0.15) is 0 Å². The van der Waals surface area contributed by atoms with Crippen molar-refractivity contribution in [2.45, 2.75) is 4.90 Å². The molecular weight excluding hydrogens is 405 g/mol. The van der Waals surface area contributed by atoms with E-state index in [0.717, 1.165) is 17.4 Å². The van der Waals surface area contributed by atoms with E-state index in [1.807, 2.05) is 22.6 Å². The Hall–Kier alpha value is -1.27. The van der Waals surface area contributed by atoms with Crippen molar-refractivity contribution in [3.63, 3.8) is 0 Å². The molecule has 0 saturated carbocycles. The monoisotopic (exact) mass is 411 g/mol. The van der Waals surface area contributed by atoms with E-state index < -0.39 is 16.0 Å². The highest BCUT2D eigenvalue weighted by atomic mass is 127. The summed E-state index contributed by atoms with van der Waals surface area (Å²) in [6.07, 6.45) is 0. The summed E-state index contributed by atoms with van der Waals surface area (Å²) in [5, 5.41) is 16.2. The van der Waals surface area contributed by atoms with Crippen LogP contribution in [0.1, 0.15) is 10.4 Å². The van der Waals surface area contributed by atoms with Gasteiger partial charge in [-0.15, -0.1) is 10.2 Å². The maximum Gasteiger partial charge on any atom is 0.336 e. The Labute approximate surface area is 125 Å². The summed E-state index contributed by atoms with van der Waals surface area (Å²) in [6.45, 7) is 0. The van der Waals surface area contributed by atoms with Crippen molar-refractivity contribution in [2.24, 2.45) is 0 Å². The Balaban J connectivity index is 2.41. The number of anilines is 1. The average molecular weight is 411 g/mol. The number of hydrogen-bond acceptors (Lipinski definition) is 6. The van der Waals surface area contributed by atoms with E-state index in [4.69, 9.17) is 5.11 Å². The Kier molecular flexibility index (Phi) is 4.01. The summed E-state index contributed by atoms with van der Waals surface area (Å²) in [5.74, 6) is -1.18. The molecule has 2 rings (SSSR count). The van der Waals surface area contributed by atoms with E-state index in [1.165, 1.54) is 17.6 Å². The zero-order valence-electron chi connectivity index (χ0n) is 9.07. The molecule has 0 bridgehead atoms. The zero-order chi connectivity index (χ0) is 14.0. The summed E-state index contributed by atoms with van der Waals surface area (Å²) < 4.78 is 26.7. The molecule has 0 amide bonds.